The first-order chi connectivity index (χ1) is 12.4. The summed E-state index contributed by atoms with van der Waals surface area (Å²) in [6.45, 7) is 6.25. The third-order valence-corrected chi connectivity index (χ3v) is 7.06. The minimum Gasteiger partial charge on any atom is -0.444 e. The van der Waals surface area contributed by atoms with E-state index in [0.717, 1.165) is 0 Å². The summed E-state index contributed by atoms with van der Waals surface area (Å²) >= 11 is 0. The summed E-state index contributed by atoms with van der Waals surface area (Å²) in [5.74, 6) is -0.0541. The highest BCUT2D eigenvalue weighted by Crippen LogP contribution is 2.38. The number of sulfone groups is 1. The normalized spacial score (nSPS) is 31.4. The molecule has 2 heterocycles. The molecule has 1 N–H and O–H groups in total. The van der Waals surface area contributed by atoms with Gasteiger partial charge in [0.1, 0.15) is 6.10 Å². The lowest BCUT2D eigenvalue weighted by atomic mass is 9.87. The Morgan fingerprint density at radius 3 is 2.62 bits per heavy atom. The quantitative estimate of drug-likeness (QED) is 0.737. The fraction of sp³-hybridized carbons (Fsp3) is 0.526. The molecule has 0 aromatic heterocycles. The van der Waals surface area contributed by atoms with Crippen molar-refractivity contribution in [2.75, 3.05) is 12.3 Å². The average Bonchev–Trinajstić information content (AvgIpc) is 3.14. The predicted molar refractivity (Wildman–Crippen MR) is 97.5 cm³/mol. The number of nitrogens with one attached hydrogen (secondary N) is 1. The first kappa shape index (κ1) is 18.9. The van der Waals surface area contributed by atoms with Crippen LogP contribution >= 0.6 is 0 Å². The summed E-state index contributed by atoms with van der Waals surface area (Å²) in [7, 11) is -3.40. The van der Waals surface area contributed by atoms with E-state index in [-0.39, 0.29) is 35.9 Å². The van der Waals surface area contributed by atoms with Gasteiger partial charge in [0.25, 0.3) is 0 Å². The van der Waals surface area contributed by atoms with Crippen LogP contribution in [0.5, 0.6) is 0 Å². The van der Waals surface area contributed by atoms with Crippen LogP contribution in [0.15, 0.2) is 47.9 Å². The molecule has 0 aliphatic carbocycles. The zero-order chi connectivity index (χ0) is 18.7. The lowest BCUT2D eigenvalue weighted by molar-refractivity contribution is 0.00642. The Balaban J connectivity index is 1.73. The Morgan fingerprint density at radius 1 is 1.27 bits per heavy atom. The van der Waals surface area contributed by atoms with Crippen molar-refractivity contribution in [3.63, 3.8) is 0 Å². The van der Waals surface area contributed by atoms with Crippen LogP contribution in [-0.4, -0.2) is 45.1 Å². The Kier molecular flexibility index (Phi) is 5.67. The lowest BCUT2D eigenvalue weighted by Crippen LogP contribution is -2.29. The monoisotopic (exact) mass is 379 g/mol. The first-order valence-electron chi connectivity index (χ1n) is 8.89. The van der Waals surface area contributed by atoms with Crippen molar-refractivity contribution in [1.29, 1.82) is 0 Å². The molecule has 2 aliphatic heterocycles. The number of benzene rings is 1. The number of amides is 1. The highest BCUT2D eigenvalue weighted by Gasteiger charge is 2.44. The van der Waals surface area contributed by atoms with Gasteiger partial charge in [-0.25, -0.2) is 13.2 Å². The van der Waals surface area contributed by atoms with Crippen molar-refractivity contribution in [2.24, 2.45) is 11.8 Å². The largest absolute Gasteiger partial charge is 0.444 e. The van der Waals surface area contributed by atoms with Crippen LogP contribution in [0.3, 0.4) is 0 Å². The van der Waals surface area contributed by atoms with Crippen molar-refractivity contribution in [3.8, 4) is 0 Å². The van der Waals surface area contributed by atoms with Crippen LogP contribution in [0, 0.1) is 11.8 Å². The zero-order valence-corrected chi connectivity index (χ0v) is 15.7. The van der Waals surface area contributed by atoms with Crippen LogP contribution < -0.4 is 5.32 Å². The van der Waals surface area contributed by atoms with Gasteiger partial charge >= 0.3 is 6.09 Å². The summed E-state index contributed by atoms with van der Waals surface area (Å²) in [6, 6.07) is 8.51. The average molecular weight is 379 g/mol. The van der Waals surface area contributed by atoms with E-state index in [0.29, 0.717) is 24.3 Å². The summed E-state index contributed by atoms with van der Waals surface area (Å²) < 4.78 is 37.0. The van der Waals surface area contributed by atoms with Crippen molar-refractivity contribution in [2.45, 2.75) is 43.0 Å². The van der Waals surface area contributed by atoms with Crippen molar-refractivity contribution >= 4 is 15.9 Å². The molecule has 7 heteroatoms. The van der Waals surface area contributed by atoms with Crippen molar-refractivity contribution in [3.05, 3.63) is 43.0 Å². The number of cyclic esters (lactones) is 1. The zero-order valence-electron chi connectivity index (χ0n) is 14.8. The van der Waals surface area contributed by atoms with Gasteiger partial charge in [0.2, 0.25) is 0 Å². The molecule has 0 saturated carbocycles. The molecule has 26 heavy (non-hydrogen) atoms. The van der Waals surface area contributed by atoms with Crippen LogP contribution in [0.2, 0.25) is 0 Å². The minimum atomic E-state index is -3.40. The first-order valence-corrected chi connectivity index (χ1v) is 10.5. The van der Waals surface area contributed by atoms with Crippen molar-refractivity contribution in [1.82, 2.24) is 5.32 Å². The summed E-state index contributed by atoms with van der Waals surface area (Å²) in [5, 5.41) is 2.64. The molecule has 0 radical (unpaired) electrons. The van der Waals surface area contributed by atoms with E-state index in [9.17, 15) is 13.2 Å². The Morgan fingerprint density at radius 2 is 2.00 bits per heavy atom. The highest BCUT2D eigenvalue weighted by molar-refractivity contribution is 7.91. The standard InChI is InChI=1S/C19H25NO5S/c1-3-7-17-16(12-26(22,23)15-8-5-4-6-9-15)13(2)18(25-17)10-14-11-20-19(21)24-14/h3-6,8-9,13-14,16-18H,1,7,10-12H2,2H3,(H,20,21)/t13-,14+,16-,17+,18?/m1/s1. The van der Waals surface area contributed by atoms with Gasteiger partial charge < -0.3 is 14.8 Å². The summed E-state index contributed by atoms with van der Waals surface area (Å²) in [6.07, 6.45) is 1.94. The third-order valence-electron chi connectivity index (χ3n) is 5.25. The maximum Gasteiger partial charge on any atom is 0.407 e. The second-order valence-electron chi connectivity index (χ2n) is 7.00. The second-order valence-corrected chi connectivity index (χ2v) is 9.03. The molecule has 2 saturated heterocycles. The van der Waals surface area contributed by atoms with Gasteiger partial charge in [-0.3, -0.25) is 0 Å². The SMILES string of the molecule is C=CC[C@@H]1OC(C[C@H]2CNC(=O)O2)[C@H](C)[C@H]1CS(=O)(=O)c1ccccc1. The smallest absolute Gasteiger partial charge is 0.407 e. The molecule has 1 amide bonds. The van der Waals surface area contributed by atoms with E-state index in [4.69, 9.17) is 9.47 Å². The fourth-order valence-corrected chi connectivity index (χ4v) is 5.58. The minimum absolute atomic E-state index is 0.0376. The number of alkyl carbamates (subject to hydrolysis) is 1. The topological polar surface area (TPSA) is 81.7 Å². The molecule has 0 spiro atoms. The van der Waals surface area contributed by atoms with E-state index in [1.165, 1.54) is 0 Å². The maximum absolute atomic E-state index is 12.8. The van der Waals surface area contributed by atoms with Gasteiger partial charge in [0, 0.05) is 12.3 Å². The number of hydrogen-bond acceptors (Lipinski definition) is 5. The van der Waals surface area contributed by atoms with Gasteiger partial charge in [-0.15, -0.1) is 6.58 Å². The van der Waals surface area contributed by atoms with Crippen LogP contribution in [0.4, 0.5) is 4.79 Å². The van der Waals surface area contributed by atoms with Crippen LogP contribution in [0.25, 0.3) is 0 Å². The number of hydrogen-bond donors (Lipinski definition) is 1. The van der Waals surface area contributed by atoms with Gasteiger partial charge in [-0.05, 0) is 24.5 Å². The van der Waals surface area contributed by atoms with Gasteiger partial charge in [-0.2, -0.15) is 0 Å². The van der Waals surface area contributed by atoms with Gasteiger partial charge in [0.05, 0.1) is 29.4 Å². The van der Waals surface area contributed by atoms with Crippen LogP contribution in [-0.2, 0) is 19.3 Å². The van der Waals surface area contributed by atoms with E-state index >= 15 is 0 Å². The molecule has 142 valence electrons. The summed E-state index contributed by atoms with van der Waals surface area (Å²) in [5.41, 5.74) is 0. The molecular weight excluding hydrogens is 354 g/mol. The molecule has 1 aromatic carbocycles. The Labute approximate surface area is 154 Å². The molecule has 3 rings (SSSR count). The fourth-order valence-electron chi connectivity index (χ4n) is 3.79. The third kappa shape index (κ3) is 4.10. The van der Waals surface area contributed by atoms with Crippen molar-refractivity contribution < 1.29 is 22.7 Å². The molecule has 5 atom stereocenters. The Hall–Kier alpha value is -1.86. The molecular formula is C19H25NO5S. The van der Waals surface area contributed by atoms with E-state index < -0.39 is 15.9 Å². The number of carbonyl (C=O) groups is 1. The molecule has 1 aromatic rings. The van der Waals surface area contributed by atoms with E-state index in [1.807, 2.05) is 6.92 Å². The Bertz CT molecular complexity index is 748. The number of rotatable bonds is 7. The predicted octanol–water partition coefficient (Wildman–Crippen LogP) is 2.55. The molecule has 2 aliphatic rings. The van der Waals surface area contributed by atoms with Gasteiger partial charge in [-0.1, -0.05) is 31.2 Å². The lowest BCUT2D eigenvalue weighted by Gasteiger charge is -2.21. The number of carbonyl (C=O) groups excluding carboxylic acids is 1. The maximum atomic E-state index is 12.8. The summed E-state index contributed by atoms with van der Waals surface area (Å²) in [4.78, 5) is 11.6. The molecule has 6 nitrogen and oxygen atoms in total. The van der Waals surface area contributed by atoms with Crippen LogP contribution in [0.1, 0.15) is 19.8 Å². The molecule has 1 unspecified atom stereocenters. The number of ether oxygens (including phenoxy) is 2. The molecule has 0 bridgehead atoms. The van der Waals surface area contributed by atoms with E-state index in [1.54, 1.807) is 36.4 Å². The highest BCUT2D eigenvalue weighted by atomic mass is 32.2. The van der Waals surface area contributed by atoms with Gasteiger partial charge in [0.15, 0.2) is 9.84 Å². The molecule has 2 fully saturated rings. The van der Waals surface area contributed by atoms with E-state index in [2.05, 4.69) is 11.9 Å². The second kappa shape index (κ2) is 7.80.